The van der Waals surface area contributed by atoms with Crippen LogP contribution in [-0.2, 0) is 11.3 Å². The molecule has 2 N–H and O–H groups in total. The predicted molar refractivity (Wildman–Crippen MR) is 113 cm³/mol. The fourth-order valence-electron chi connectivity index (χ4n) is 3.18. The summed E-state index contributed by atoms with van der Waals surface area (Å²) >= 11 is 5.43. The molecular formula is C21H25N3O2S. The van der Waals surface area contributed by atoms with E-state index in [1.807, 2.05) is 61.2 Å². The number of hydrogen-bond donors (Lipinski definition) is 2. The molecule has 1 aliphatic rings. The SMILES string of the molecule is CCOc1ccccc1CNC(=S)Nc1ccc(C)c(N2CCCC2=O)c1. The quantitative estimate of drug-likeness (QED) is 0.739. The number of nitrogens with one attached hydrogen (secondary N) is 2. The Balaban J connectivity index is 1.64. The topological polar surface area (TPSA) is 53.6 Å². The van der Waals surface area contributed by atoms with Crippen LogP contribution in [0.1, 0.15) is 30.9 Å². The first-order valence-corrected chi connectivity index (χ1v) is 9.66. The molecule has 2 aromatic rings. The van der Waals surface area contributed by atoms with Gasteiger partial charge in [-0.15, -0.1) is 0 Å². The minimum absolute atomic E-state index is 0.184. The van der Waals surface area contributed by atoms with Crippen LogP contribution >= 0.6 is 12.2 Å². The number of nitrogens with zero attached hydrogens (tertiary/aromatic N) is 1. The van der Waals surface area contributed by atoms with Crippen molar-refractivity contribution in [3.63, 3.8) is 0 Å². The molecule has 0 bridgehead atoms. The molecule has 0 unspecified atom stereocenters. The zero-order valence-electron chi connectivity index (χ0n) is 15.7. The third-order valence-corrected chi connectivity index (χ3v) is 4.79. The van der Waals surface area contributed by atoms with E-state index in [-0.39, 0.29) is 5.91 Å². The Morgan fingerprint density at radius 2 is 2.07 bits per heavy atom. The number of aryl methyl sites for hydroxylation is 1. The Morgan fingerprint density at radius 1 is 1.26 bits per heavy atom. The molecule has 0 aromatic heterocycles. The number of rotatable bonds is 6. The lowest BCUT2D eigenvalue weighted by molar-refractivity contribution is -0.117. The van der Waals surface area contributed by atoms with Crippen molar-refractivity contribution in [3.8, 4) is 5.75 Å². The van der Waals surface area contributed by atoms with E-state index in [4.69, 9.17) is 17.0 Å². The van der Waals surface area contributed by atoms with Crippen molar-refractivity contribution in [1.29, 1.82) is 0 Å². The van der Waals surface area contributed by atoms with E-state index >= 15 is 0 Å². The van der Waals surface area contributed by atoms with Crippen molar-refractivity contribution in [2.75, 3.05) is 23.4 Å². The first-order chi connectivity index (χ1) is 13.1. The van der Waals surface area contributed by atoms with E-state index < -0.39 is 0 Å². The maximum absolute atomic E-state index is 12.1. The first-order valence-electron chi connectivity index (χ1n) is 9.25. The monoisotopic (exact) mass is 383 g/mol. The standard InChI is InChI=1S/C21H25N3O2S/c1-3-26-19-8-5-4-7-16(19)14-22-21(27)23-17-11-10-15(2)18(13-17)24-12-6-9-20(24)25/h4-5,7-8,10-11,13H,3,6,9,12,14H2,1-2H3,(H2,22,23,27). The highest BCUT2D eigenvalue weighted by Gasteiger charge is 2.23. The summed E-state index contributed by atoms with van der Waals surface area (Å²) in [5, 5.41) is 6.96. The molecule has 2 aromatic carbocycles. The Labute approximate surface area is 165 Å². The summed E-state index contributed by atoms with van der Waals surface area (Å²) in [6.07, 6.45) is 1.53. The van der Waals surface area contributed by atoms with Gasteiger partial charge < -0.3 is 20.3 Å². The average molecular weight is 384 g/mol. The zero-order chi connectivity index (χ0) is 19.2. The fraction of sp³-hybridized carbons (Fsp3) is 0.333. The molecule has 0 atom stereocenters. The smallest absolute Gasteiger partial charge is 0.227 e. The Bertz CT molecular complexity index is 838. The van der Waals surface area contributed by atoms with Crippen LogP contribution in [0, 0.1) is 6.92 Å². The summed E-state index contributed by atoms with van der Waals surface area (Å²) in [5.74, 6) is 1.05. The van der Waals surface area contributed by atoms with Crippen LogP contribution in [0.2, 0.25) is 0 Å². The van der Waals surface area contributed by atoms with Crippen LogP contribution in [0.15, 0.2) is 42.5 Å². The number of amides is 1. The molecule has 1 aliphatic heterocycles. The second-order valence-electron chi connectivity index (χ2n) is 6.50. The van der Waals surface area contributed by atoms with Crippen LogP contribution < -0.4 is 20.3 Å². The molecule has 1 amide bonds. The highest BCUT2D eigenvalue weighted by atomic mass is 32.1. The predicted octanol–water partition coefficient (Wildman–Crippen LogP) is 4.01. The Kier molecular flexibility index (Phi) is 6.29. The number of carbonyl (C=O) groups is 1. The van der Waals surface area contributed by atoms with Crippen LogP contribution in [0.25, 0.3) is 0 Å². The molecule has 5 nitrogen and oxygen atoms in total. The highest BCUT2D eigenvalue weighted by molar-refractivity contribution is 7.80. The molecule has 3 rings (SSSR count). The van der Waals surface area contributed by atoms with Crippen molar-refractivity contribution in [1.82, 2.24) is 5.32 Å². The number of anilines is 2. The maximum atomic E-state index is 12.1. The van der Waals surface area contributed by atoms with Crippen molar-refractivity contribution in [3.05, 3.63) is 53.6 Å². The average Bonchev–Trinajstić information content (AvgIpc) is 3.08. The maximum Gasteiger partial charge on any atom is 0.227 e. The van der Waals surface area contributed by atoms with Gasteiger partial charge in [-0.1, -0.05) is 24.3 Å². The summed E-state index contributed by atoms with van der Waals surface area (Å²) in [6, 6.07) is 13.9. The van der Waals surface area contributed by atoms with Crippen molar-refractivity contribution in [2.24, 2.45) is 0 Å². The molecule has 0 saturated carbocycles. The molecule has 0 spiro atoms. The molecule has 6 heteroatoms. The Hall–Kier alpha value is -2.60. The number of hydrogen-bond acceptors (Lipinski definition) is 3. The molecule has 1 fully saturated rings. The van der Waals surface area contributed by atoms with Gasteiger partial charge in [0.25, 0.3) is 0 Å². The van der Waals surface area contributed by atoms with Crippen molar-refractivity contribution < 1.29 is 9.53 Å². The number of benzene rings is 2. The van der Waals surface area contributed by atoms with Gasteiger partial charge in [-0.3, -0.25) is 4.79 Å². The van der Waals surface area contributed by atoms with E-state index in [0.717, 1.165) is 41.2 Å². The molecule has 0 aliphatic carbocycles. The van der Waals surface area contributed by atoms with Crippen LogP contribution in [0.5, 0.6) is 5.75 Å². The van der Waals surface area contributed by atoms with Gasteiger partial charge in [-0.2, -0.15) is 0 Å². The van der Waals surface area contributed by atoms with E-state index in [9.17, 15) is 4.79 Å². The Morgan fingerprint density at radius 3 is 2.81 bits per heavy atom. The summed E-state index contributed by atoms with van der Waals surface area (Å²) in [4.78, 5) is 13.9. The van der Waals surface area contributed by atoms with Crippen LogP contribution in [0.4, 0.5) is 11.4 Å². The number of para-hydroxylation sites is 1. The van der Waals surface area contributed by atoms with Crippen molar-refractivity contribution >= 4 is 34.6 Å². The molecule has 1 saturated heterocycles. The zero-order valence-corrected chi connectivity index (χ0v) is 16.6. The molecule has 0 radical (unpaired) electrons. The summed E-state index contributed by atoms with van der Waals surface area (Å²) in [7, 11) is 0. The van der Waals surface area contributed by atoms with E-state index in [1.54, 1.807) is 0 Å². The van der Waals surface area contributed by atoms with E-state index in [1.165, 1.54) is 0 Å². The first kappa shape index (κ1) is 19.2. The number of carbonyl (C=O) groups excluding carboxylic acids is 1. The van der Waals surface area contributed by atoms with Crippen molar-refractivity contribution in [2.45, 2.75) is 33.2 Å². The second kappa shape index (κ2) is 8.86. The van der Waals surface area contributed by atoms with Gasteiger partial charge in [-0.05, 0) is 56.2 Å². The van der Waals surface area contributed by atoms with Gasteiger partial charge in [0.2, 0.25) is 5.91 Å². The lowest BCUT2D eigenvalue weighted by Crippen LogP contribution is -2.28. The van der Waals surface area contributed by atoms with Gasteiger partial charge in [0.15, 0.2) is 5.11 Å². The molecule has 1 heterocycles. The van der Waals surface area contributed by atoms with Crippen LogP contribution in [0.3, 0.4) is 0 Å². The van der Waals surface area contributed by atoms with Gasteiger partial charge in [0.1, 0.15) is 5.75 Å². The van der Waals surface area contributed by atoms with E-state index in [0.29, 0.717) is 24.7 Å². The molecular weight excluding hydrogens is 358 g/mol. The minimum Gasteiger partial charge on any atom is -0.494 e. The summed E-state index contributed by atoms with van der Waals surface area (Å²) < 4.78 is 5.64. The fourth-order valence-corrected chi connectivity index (χ4v) is 3.37. The number of thiocarbonyl (C=S) groups is 1. The van der Waals surface area contributed by atoms with Gasteiger partial charge in [0.05, 0.1) is 6.61 Å². The largest absolute Gasteiger partial charge is 0.494 e. The minimum atomic E-state index is 0.184. The van der Waals surface area contributed by atoms with Crippen LogP contribution in [-0.4, -0.2) is 24.2 Å². The third-order valence-electron chi connectivity index (χ3n) is 4.54. The normalized spacial score (nSPS) is 13.6. The highest BCUT2D eigenvalue weighted by Crippen LogP contribution is 2.28. The lowest BCUT2D eigenvalue weighted by Gasteiger charge is -2.20. The van der Waals surface area contributed by atoms with E-state index in [2.05, 4.69) is 10.6 Å². The summed E-state index contributed by atoms with van der Waals surface area (Å²) in [6.45, 7) is 5.97. The molecule has 27 heavy (non-hydrogen) atoms. The second-order valence-corrected chi connectivity index (χ2v) is 6.91. The van der Waals surface area contributed by atoms with Gasteiger partial charge in [-0.25, -0.2) is 0 Å². The number of ether oxygens (including phenoxy) is 1. The van der Waals surface area contributed by atoms with Gasteiger partial charge in [0, 0.05) is 36.4 Å². The third kappa shape index (κ3) is 4.77. The lowest BCUT2D eigenvalue weighted by atomic mass is 10.1. The molecule has 142 valence electrons. The van der Waals surface area contributed by atoms with Gasteiger partial charge >= 0.3 is 0 Å². The summed E-state index contributed by atoms with van der Waals surface area (Å²) in [5.41, 5.74) is 3.95.